The van der Waals surface area contributed by atoms with Crippen LogP contribution in [0.2, 0.25) is 0 Å². The fourth-order valence-electron chi connectivity index (χ4n) is 9.10. The van der Waals surface area contributed by atoms with Gasteiger partial charge in [-0.1, -0.05) is 55.3 Å². The number of amides is 2. The van der Waals surface area contributed by atoms with Gasteiger partial charge in [0.15, 0.2) is 0 Å². The van der Waals surface area contributed by atoms with Gasteiger partial charge < -0.3 is 24.8 Å². The summed E-state index contributed by atoms with van der Waals surface area (Å²) in [6, 6.07) is 19.7. The highest BCUT2D eigenvalue weighted by molar-refractivity contribution is 5.86. The minimum atomic E-state index is -0.562. The van der Waals surface area contributed by atoms with Gasteiger partial charge in [0.1, 0.15) is 22.9 Å². The van der Waals surface area contributed by atoms with Crippen LogP contribution in [0, 0.1) is 11.8 Å². The molecule has 292 valence electrons. The van der Waals surface area contributed by atoms with Crippen LogP contribution in [0.4, 0.5) is 9.59 Å². The first-order valence-electron chi connectivity index (χ1n) is 20.6. The van der Waals surface area contributed by atoms with E-state index in [1.54, 1.807) is 0 Å². The first-order chi connectivity index (χ1) is 26.8. The molecule has 10 nitrogen and oxygen atoms in total. The molecule has 1 aliphatic heterocycles. The number of imidazole rings is 2. The van der Waals surface area contributed by atoms with Crippen LogP contribution in [0.3, 0.4) is 0 Å². The van der Waals surface area contributed by atoms with Crippen molar-refractivity contribution in [2.45, 2.75) is 122 Å². The molecule has 3 heterocycles. The number of carbonyl (C=O) groups excluding carboxylic acids is 2. The molecule has 10 heteroatoms. The number of rotatable bonds is 8. The van der Waals surface area contributed by atoms with Crippen molar-refractivity contribution in [1.82, 2.24) is 30.2 Å². The van der Waals surface area contributed by atoms with Crippen molar-refractivity contribution >= 4 is 23.2 Å². The number of nitrogens with zero attached hydrogens (tertiary/aromatic N) is 3. The fourth-order valence-corrected chi connectivity index (χ4v) is 9.10. The molecule has 2 aromatic heterocycles. The van der Waals surface area contributed by atoms with E-state index in [9.17, 15) is 9.59 Å². The van der Waals surface area contributed by atoms with Crippen molar-refractivity contribution in [3.63, 3.8) is 0 Å². The molecule has 0 radical (unpaired) electrons. The number of fused-ring (bicyclic) bond motifs is 4. The standard InChI is InChI=1S/C46H54N6O4/c1-45(2,3)55-43(53)51-37(22-26-9-10-26)41-47-25-38(50-41)28-13-11-27(12-14-28)32-19-18-31(34-23-29-15-17-33(29)40(32)34)30-16-20-35-36(24-30)49-42(48-35)39-8-7-21-52(39)44(54)56-46(4,5)6/h11-14,16,18-20,24-26,29,33,37,39H,7-10,15,17,21-23H2,1-6H3,(H,47,50)(H,48,49)(H,51,53)/t29?,33?,37-,39-/m0/s1. The zero-order valence-corrected chi connectivity index (χ0v) is 33.5. The Hall–Kier alpha value is -5.12. The third kappa shape index (κ3) is 7.30. The molecule has 4 atom stereocenters. The van der Waals surface area contributed by atoms with Crippen LogP contribution < -0.4 is 5.32 Å². The number of nitrogens with one attached hydrogen (secondary N) is 3. The fraction of sp³-hybridized carbons (Fsp3) is 0.478. The van der Waals surface area contributed by atoms with E-state index in [1.807, 2.05) is 52.6 Å². The molecule has 5 aromatic rings. The number of benzene rings is 3. The third-order valence-electron chi connectivity index (χ3n) is 12.0. The Bertz CT molecular complexity index is 2290. The topological polar surface area (TPSA) is 125 Å². The van der Waals surface area contributed by atoms with Gasteiger partial charge >= 0.3 is 12.2 Å². The molecule has 56 heavy (non-hydrogen) atoms. The third-order valence-corrected chi connectivity index (χ3v) is 12.0. The number of aromatic nitrogens is 4. The predicted octanol–water partition coefficient (Wildman–Crippen LogP) is 10.8. The van der Waals surface area contributed by atoms with Crippen LogP contribution >= 0.6 is 0 Å². The summed E-state index contributed by atoms with van der Waals surface area (Å²) in [5.41, 5.74) is 10.8. The lowest BCUT2D eigenvalue weighted by Gasteiger charge is -2.31. The minimum Gasteiger partial charge on any atom is -0.444 e. The summed E-state index contributed by atoms with van der Waals surface area (Å²) in [7, 11) is 0. The number of hydrogen-bond acceptors (Lipinski definition) is 6. The minimum absolute atomic E-state index is 0.119. The maximum Gasteiger partial charge on any atom is 0.410 e. The molecule has 0 spiro atoms. The number of likely N-dealkylation sites (tertiary alicyclic amines) is 1. The average molecular weight is 755 g/mol. The maximum absolute atomic E-state index is 13.0. The second-order valence-corrected chi connectivity index (χ2v) is 18.5. The van der Waals surface area contributed by atoms with E-state index in [0.717, 1.165) is 59.6 Å². The van der Waals surface area contributed by atoms with Crippen LogP contribution in [-0.4, -0.2) is 54.8 Å². The van der Waals surface area contributed by atoms with Crippen molar-refractivity contribution in [1.29, 1.82) is 0 Å². The number of H-pyrrole nitrogens is 2. The van der Waals surface area contributed by atoms with Gasteiger partial charge in [-0.2, -0.15) is 0 Å². The zero-order chi connectivity index (χ0) is 38.9. The molecule has 3 N–H and O–H groups in total. The van der Waals surface area contributed by atoms with Gasteiger partial charge in [-0.3, -0.25) is 4.90 Å². The number of ether oxygens (including phenoxy) is 2. The Kier molecular flexibility index (Phi) is 9.01. The lowest BCUT2D eigenvalue weighted by atomic mass is 9.73. The maximum atomic E-state index is 13.0. The second-order valence-electron chi connectivity index (χ2n) is 18.5. The van der Waals surface area contributed by atoms with E-state index in [0.29, 0.717) is 24.3 Å². The highest BCUT2D eigenvalue weighted by atomic mass is 16.6. The Balaban J connectivity index is 0.965. The normalized spacial score (nSPS) is 21.0. The lowest BCUT2D eigenvalue weighted by Crippen LogP contribution is -2.36. The highest BCUT2D eigenvalue weighted by Gasteiger charge is 2.42. The number of carbonyl (C=O) groups is 2. The molecule has 1 saturated heterocycles. The molecule has 0 bridgehead atoms. The molecule has 3 aliphatic carbocycles. The largest absolute Gasteiger partial charge is 0.444 e. The quantitative estimate of drug-likeness (QED) is 0.145. The van der Waals surface area contributed by atoms with Gasteiger partial charge in [-0.05, 0) is 149 Å². The van der Waals surface area contributed by atoms with E-state index in [4.69, 9.17) is 19.4 Å². The van der Waals surface area contributed by atoms with Gasteiger partial charge in [-0.25, -0.2) is 19.6 Å². The molecular formula is C46H54N6O4. The summed E-state index contributed by atoms with van der Waals surface area (Å²) in [4.78, 5) is 44.3. The van der Waals surface area contributed by atoms with E-state index in [1.165, 1.54) is 59.1 Å². The van der Waals surface area contributed by atoms with Gasteiger partial charge in [0.2, 0.25) is 0 Å². The second kappa shape index (κ2) is 13.8. The monoisotopic (exact) mass is 754 g/mol. The molecule has 3 aromatic carbocycles. The van der Waals surface area contributed by atoms with E-state index >= 15 is 0 Å². The van der Waals surface area contributed by atoms with Crippen molar-refractivity contribution < 1.29 is 19.1 Å². The molecule has 2 amide bonds. The highest BCUT2D eigenvalue weighted by Crippen LogP contribution is 2.56. The average Bonchev–Trinajstić information content (AvgIpc) is 3.49. The first kappa shape index (κ1) is 36.5. The lowest BCUT2D eigenvalue weighted by molar-refractivity contribution is 0.0218. The first-order valence-corrected chi connectivity index (χ1v) is 20.6. The van der Waals surface area contributed by atoms with E-state index < -0.39 is 17.3 Å². The molecule has 3 fully saturated rings. The summed E-state index contributed by atoms with van der Waals surface area (Å²) in [5, 5.41) is 3.07. The summed E-state index contributed by atoms with van der Waals surface area (Å²) in [6.45, 7) is 12.0. The Morgan fingerprint density at radius 2 is 1.59 bits per heavy atom. The number of aromatic amines is 2. The molecule has 9 rings (SSSR count). The number of hydrogen-bond donors (Lipinski definition) is 3. The predicted molar refractivity (Wildman–Crippen MR) is 218 cm³/mol. The molecule has 4 aliphatic rings. The Morgan fingerprint density at radius 1 is 0.857 bits per heavy atom. The van der Waals surface area contributed by atoms with E-state index in [2.05, 4.69) is 69.9 Å². The van der Waals surface area contributed by atoms with Gasteiger partial charge in [-0.15, -0.1) is 0 Å². The molecular weight excluding hydrogens is 701 g/mol. The molecule has 2 unspecified atom stereocenters. The van der Waals surface area contributed by atoms with Gasteiger partial charge in [0.25, 0.3) is 0 Å². The van der Waals surface area contributed by atoms with E-state index in [-0.39, 0.29) is 18.2 Å². The SMILES string of the molecule is CC(C)(C)OC(=O)N[C@@H](CC1CC1)c1ncc(-c2ccc(-c3ccc(-c4ccc5nc([C@@H]6CCCN6C(=O)OC(C)(C)C)[nH]c5c4)c4c3C3CCC3C4)cc2)[nH]1. The Labute approximate surface area is 329 Å². The summed E-state index contributed by atoms with van der Waals surface area (Å²) in [5.74, 6) is 3.49. The zero-order valence-electron chi connectivity index (χ0n) is 33.5. The van der Waals surface area contributed by atoms with Crippen LogP contribution in [0.1, 0.15) is 127 Å². The Morgan fingerprint density at radius 3 is 2.30 bits per heavy atom. The van der Waals surface area contributed by atoms with Crippen molar-refractivity contribution in [2.24, 2.45) is 11.8 Å². The summed E-state index contributed by atoms with van der Waals surface area (Å²) < 4.78 is 11.3. The van der Waals surface area contributed by atoms with Crippen molar-refractivity contribution in [3.05, 3.63) is 83.6 Å². The number of alkyl carbamates (subject to hydrolysis) is 1. The van der Waals surface area contributed by atoms with Gasteiger partial charge in [0, 0.05) is 6.54 Å². The van der Waals surface area contributed by atoms with Gasteiger partial charge in [0.05, 0.1) is 35.0 Å². The van der Waals surface area contributed by atoms with Crippen LogP contribution in [0.5, 0.6) is 0 Å². The molecule has 2 saturated carbocycles. The van der Waals surface area contributed by atoms with Crippen LogP contribution in [0.25, 0.3) is 44.5 Å². The summed E-state index contributed by atoms with van der Waals surface area (Å²) >= 11 is 0. The van der Waals surface area contributed by atoms with Crippen LogP contribution in [-0.2, 0) is 15.9 Å². The smallest absolute Gasteiger partial charge is 0.410 e. The van der Waals surface area contributed by atoms with Crippen molar-refractivity contribution in [2.75, 3.05) is 6.54 Å². The van der Waals surface area contributed by atoms with Crippen molar-refractivity contribution in [3.8, 4) is 33.5 Å². The summed E-state index contributed by atoms with van der Waals surface area (Å²) in [6.07, 6.45) is 9.81. The van der Waals surface area contributed by atoms with Crippen LogP contribution in [0.15, 0.2) is 60.8 Å².